The Bertz CT molecular complexity index is 376. The molecule has 1 aromatic rings. The normalized spacial score (nSPS) is 14.6. The quantitative estimate of drug-likeness (QED) is 0.792. The summed E-state index contributed by atoms with van der Waals surface area (Å²) in [6.07, 6.45) is 0. The Kier molecular flexibility index (Phi) is 5.02. The average molecular weight is 253 g/mol. The molecule has 0 aliphatic rings. The Morgan fingerprint density at radius 1 is 1.24 bits per heavy atom. The molecule has 0 bridgehead atoms. The number of hydrogen-bond donors (Lipinski definition) is 2. The molecule has 0 aromatic heterocycles. The van der Waals surface area contributed by atoms with E-state index < -0.39 is 17.9 Å². The maximum Gasteiger partial charge on any atom is 0.308 e. The van der Waals surface area contributed by atoms with Crippen molar-refractivity contribution in [3.8, 4) is 0 Å². The lowest BCUT2D eigenvalue weighted by molar-refractivity contribution is -0.141. The fraction of sp³-hybridized carbons (Fsp3) is 0.462. The van der Waals surface area contributed by atoms with Crippen molar-refractivity contribution in [3.63, 3.8) is 0 Å². The first-order valence-electron chi connectivity index (χ1n) is 5.66. The van der Waals surface area contributed by atoms with E-state index in [-0.39, 0.29) is 0 Å². The number of benzene rings is 1. The Labute approximate surface area is 106 Å². The molecule has 0 amide bonds. The minimum absolute atomic E-state index is 0.453. The fourth-order valence-electron chi connectivity index (χ4n) is 1.48. The van der Waals surface area contributed by atoms with Gasteiger partial charge in [-0.05, 0) is 17.7 Å². The monoisotopic (exact) mass is 253 g/mol. The Morgan fingerprint density at radius 3 is 2.18 bits per heavy atom. The second-order valence-electron chi connectivity index (χ2n) is 4.39. The number of hydrogen-bond acceptors (Lipinski definition) is 3. The summed E-state index contributed by atoms with van der Waals surface area (Å²) in [5.74, 6) is -1.43. The lowest BCUT2D eigenvalue weighted by Gasteiger charge is -2.16. The molecule has 0 fully saturated rings. The molecule has 0 spiro atoms. The van der Waals surface area contributed by atoms with Crippen molar-refractivity contribution in [2.24, 2.45) is 11.7 Å². The van der Waals surface area contributed by atoms with E-state index in [2.05, 4.69) is 13.8 Å². The second kappa shape index (κ2) is 6.07. The molecule has 0 aliphatic heterocycles. The lowest BCUT2D eigenvalue weighted by Crippen LogP contribution is -2.25. The van der Waals surface area contributed by atoms with Gasteiger partial charge in [-0.3, -0.25) is 4.79 Å². The van der Waals surface area contributed by atoms with E-state index in [1.54, 1.807) is 18.7 Å². The van der Waals surface area contributed by atoms with Crippen LogP contribution in [0.2, 0.25) is 0 Å². The molecule has 1 rings (SSSR count). The van der Waals surface area contributed by atoms with Crippen molar-refractivity contribution >= 4 is 17.7 Å². The number of rotatable bonds is 5. The van der Waals surface area contributed by atoms with Crippen LogP contribution >= 0.6 is 11.8 Å². The van der Waals surface area contributed by atoms with Crippen LogP contribution in [0.4, 0.5) is 0 Å². The zero-order valence-electron chi connectivity index (χ0n) is 10.4. The summed E-state index contributed by atoms with van der Waals surface area (Å²) in [7, 11) is 0. The van der Waals surface area contributed by atoms with Crippen LogP contribution in [0.15, 0.2) is 29.2 Å². The highest BCUT2D eigenvalue weighted by Crippen LogP contribution is 2.26. The summed E-state index contributed by atoms with van der Waals surface area (Å²) in [5.41, 5.74) is 6.77. The number of carbonyl (C=O) groups is 1. The highest BCUT2D eigenvalue weighted by Gasteiger charge is 2.21. The lowest BCUT2D eigenvalue weighted by atomic mass is 9.96. The van der Waals surface area contributed by atoms with Crippen LogP contribution in [0.5, 0.6) is 0 Å². The molecule has 2 unspecified atom stereocenters. The van der Waals surface area contributed by atoms with Gasteiger partial charge in [0.25, 0.3) is 0 Å². The van der Waals surface area contributed by atoms with E-state index in [9.17, 15) is 4.79 Å². The zero-order chi connectivity index (χ0) is 13.0. The van der Waals surface area contributed by atoms with Gasteiger partial charge in [0, 0.05) is 16.2 Å². The predicted octanol–water partition coefficient (Wildman–Crippen LogP) is 2.91. The summed E-state index contributed by atoms with van der Waals surface area (Å²) in [6, 6.07) is 7.36. The van der Waals surface area contributed by atoms with E-state index in [1.165, 1.54) is 4.90 Å². The van der Waals surface area contributed by atoms with Crippen LogP contribution in [0.25, 0.3) is 0 Å². The third kappa shape index (κ3) is 4.06. The van der Waals surface area contributed by atoms with Gasteiger partial charge in [0.05, 0.1) is 5.92 Å². The molecule has 0 radical (unpaired) electrons. The van der Waals surface area contributed by atoms with Crippen molar-refractivity contribution in [3.05, 3.63) is 29.8 Å². The van der Waals surface area contributed by atoms with Crippen LogP contribution in [0.1, 0.15) is 32.4 Å². The fourth-order valence-corrected chi connectivity index (χ4v) is 2.32. The average Bonchev–Trinajstić information content (AvgIpc) is 2.27. The molecule has 3 N–H and O–H groups in total. The van der Waals surface area contributed by atoms with Gasteiger partial charge in [-0.2, -0.15) is 0 Å². The van der Waals surface area contributed by atoms with Gasteiger partial charge in [0.2, 0.25) is 0 Å². The number of nitrogens with two attached hydrogens (primary N) is 1. The summed E-state index contributed by atoms with van der Waals surface area (Å²) < 4.78 is 0. The molecular formula is C13H19NO2S. The predicted molar refractivity (Wildman–Crippen MR) is 71.2 cm³/mol. The molecule has 4 heteroatoms. The molecule has 1 aromatic carbocycles. The maximum absolute atomic E-state index is 10.8. The minimum Gasteiger partial charge on any atom is -0.481 e. The summed E-state index contributed by atoms with van der Waals surface area (Å²) in [6.45, 7) is 5.90. The largest absolute Gasteiger partial charge is 0.481 e. The molecule has 94 valence electrons. The van der Waals surface area contributed by atoms with Gasteiger partial charge in [-0.25, -0.2) is 0 Å². The van der Waals surface area contributed by atoms with Crippen LogP contribution in [-0.4, -0.2) is 16.3 Å². The van der Waals surface area contributed by atoms with E-state index in [4.69, 9.17) is 10.8 Å². The van der Waals surface area contributed by atoms with Gasteiger partial charge in [-0.15, -0.1) is 11.8 Å². The van der Waals surface area contributed by atoms with E-state index in [1.807, 2.05) is 24.3 Å². The van der Waals surface area contributed by atoms with E-state index >= 15 is 0 Å². The molecule has 2 atom stereocenters. The molecule has 0 saturated carbocycles. The highest BCUT2D eigenvalue weighted by atomic mass is 32.2. The van der Waals surface area contributed by atoms with Crippen LogP contribution < -0.4 is 5.73 Å². The van der Waals surface area contributed by atoms with Gasteiger partial charge in [0.1, 0.15) is 0 Å². The first-order valence-corrected chi connectivity index (χ1v) is 6.54. The third-order valence-corrected chi connectivity index (χ3v) is 3.58. The highest BCUT2D eigenvalue weighted by molar-refractivity contribution is 7.99. The standard InChI is InChI=1S/C13H19NO2S/c1-8(2)17-11-6-4-10(5-7-11)12(14)9(3)13(15)16/h4-9,12H,14H2,1-3H3,(H,15,16). The van der Waals surface area contributed by atoms with Crippen LogP contribution in [-0.2, 0) is 4.79 Å². The Balaban J connectivity index is 2.76. The maximum atomic E-state index is 10.8. The molecule has 0 saturated heterocycles. The van der Waals surface area contributed by atoms with Gasteiger partial charge in [0.15, 0.2) is 0 Å². The van der Waals surface area contributed by atoms with Crippen molar-refractivity contribution in [2.45, 2.75) is 37.0 Å². The topological polar surface area (TPSA) is 63.3 Å². The van der Waals surface area contributed by atoms with Gasteiger partial charge < -0.3 is 10.8 Å². The Morgan fingerprint density at radius 2 is 1.76 bits per heavy atom. The van der Waals surface area contributed by atoms with Crippen LogP contribution in [0.3, 0.4) is 0 Å². The number of thioether (sulfide) groups is 1. The summed E-state index contributed by atoms with van der Waals surface area (Å²) in [5, 5.41) is 9.44. The van der Waals surface area contributed by atoms with E-state index in [0.717, 1.165) is 5.56 Å². The second-order valence-corrected chi connectivity index (χ2v) is 6.04. The molecule has 0 heterocycles. The van der Waals surface area contributed by atoms with Gasteiger partial charge >= 0.3 is 5.97 Å². The first-order chi connectivity index (χ1) is 7.91. The van der Waals surface area contributed by atoms with Crippen molar-refractivity contribution in [1.29, 1.82) is 0 Å². The van der Waals surface area contributed by atoms with Crippen LogP contribution in [0, 0.1) is 5.92 Å². The van der Waals surface area contributed by atoms with Crippen molar-refractivity contribution in [1.82, 2.24) is 0 Å². The van der Waals surface area contributed by atoms with Crippen molar-refractivity contribution < 1.29 is 9.90 Å². The first kappa shape index (κ1) is 14.1. The molecule has 0 aliphatic carbocycles. The zero-order valence-corrected chi connectivity index (χ0v) is 11.2. The molecule has 17 heavy (non-hydrogen) atoms. The smallest absolute Gasteiger partial charge is 0.308 e. The summed E-state index contributed by atoms with van der Waals surface area (Å²) >= 11 is 1.78. The minimum atomic E-state index is -0.863. The van der Waals surface area contributed by atoms with E-state index in [0.29, 0.717) is 5.25 Å². The van der Waals surface area contributed by atoms with Gasteiger partial charge in [-0.1, -0.05) is 32.9 Å². The number of carboxylic acid groups (broad SMARTS) is 1. The molecular weight excluding hydrogens is 234 g/mol. The third-order valence-electron chi connectivity index (χ3n) is 2.56. The SMILES string of the molecule is CC(C)Sc1ccc(C(N)C(C)C(=O)O)cc1. The Hall–Kier alpha value is -1.00. The van der Waals surface area contributed by atoms with Crippen molar-refractivity contribution in [2.75, 3.05) is 0 Å². The number of aliphatic carboxylic acids is 1. The number of carboxylic acids is 1. The molecule has 3 nitrogen and oxygen atoms in total. The summed E-state index contributed by atoms with van der Waals surface area (Å²) in [4.78, 5) is 12.0.